The number of rotatable bonds is 4. The van der Waals surface area contributed by atoms with Crippen LogP contribution in [0, 0.1) is 0 Å². The van der Waals surface area contributed by atoms with Crippen molar-refractivity contribution in [1.29, 1.82) is 0 Å². The molecule has 2 heteroatoms. The van der Waals surface area contributed by atoms with Gasteiger partial charge in [0.25, 0.3) is 0 Å². The van der Waals surface area contributed by atoms with Crippen molar-refractivity contribution in [3.05, 3.63) is 121 Å². The van der Waals surface area contributed by atoms with E-state index >= 15 is 0 Å². The summed E-state index contributed by atoms with van der Waals surface area (Å²) in [4.78, 5) is 0. The largest absolute Gasteiger partial charge is 1.00 e. The van der Waals surface area contributed by atoms with Crippen molar-refractivity contribution in [2.24, 2.45) is 0 Å². The average molecular weight is 466 g/mol. The van der Waals surface area contributed by atoms with Crippen molar-refractivity contribution in [2.75, 3.05) is 0 Å². The Bertz CT molecular complexity index is 759. The molecular weight excluding hydrogens is 446 g/mol. The molecule has 0 aliphatic heterocycles. The summed E-state index contributed by atoms with van der Waals surface area (Å²) in [5.41, 5.74) is 0. The molecule has 0 saturated heterocycles. The maximum Gasteiger partial charge on any atom is 0.144 e. The third-order valence-corrected chi connectivity index (χ3v) is 8.86. The van der Waals surface area contributed by atoms with Gasteiger partial charge in [0.15, 0.2) is 0 Å². The van der Waals surface area contributed by atoms with Crippen LogP contribution in [0.3, 0.4) is 0 Å². The van der Waals surface area contributed by atoms with Gasteiger partial charge in [-0.2, -0.15) is 0 Å². The van der Waals surface area contributed by atoms with Crippen LogP contribution in [0.5, 0.6) is 0 Å². The Hall–Kier alpha value is -1.96. The van der Waals surface area contributed by atoms with Gasteiger partial charge in [0.05, 0.1) is 0 Å². The molecule has 0 atom stereocenters. The lowest BCUT2D eigenvalue weighted by Crippen LogP contribution is -3.00. The molecule has 0 heterocycles. The summed E-state index contributed by atoms with van der Waals surface area (Å²) < 4.78 is 0. The summed E-state index contributed by atoms with van der Waals surface area (Å²) in [5, 5.41) is 5.55. The van der Waals surface area contributed by atoms with Crippen LogP contribution in [0.15, 0.2) is 121 Å². The fourth-order valence-corrected chi connectivity index (χ4v) is 7.77. The van der Waals surface area contributed by atoms with Gasteiger partial charge in [-0.15, -0.1) is 0 Å². The zero-order chi connectivity index (χ0) is 17.0. The Morgan fingerprint density at radius 2 is 0.500 bits per heavy atom. The second kappa shape index (κ2) is 8.62. The zero-order valence-electron chi connectivity index (χ0n) is 14.4. The number of halogens is 1. The smallest absolute Gasteiger partial charge is 0.144 e. The van der Waals surface area contributed by atoms with E-state index in [9.17, 15) is 0 Å². The average Bonchev–Trinajstić information content (AvgIpc) is 2.72. The standard InChI is InChI=1S/C24H20P.HI/c1-5-13-21(14-6-1)25(22-15-7-2-8-16-22,23-17-9-3-10-18-23)24-19-11-4-12-20-24;/h1-20H;1H/q+1;/p-1. The van der Waals surface area contributed by atoms with Crippen LogP contribution in [-0.2, 0) is 0 Å². The summed E-state index contributed by atoms with van der Waals surface area (Å²) >= 11 is 0. The van der Waals surface area contributed by atoms with Crippen molar-refractivity contribution in [1.82, 2.24) is 0 Å². The maximum absolute atomic E-state index is 2.28. The van der Waals surface area contributed by atoms with Gasteiger partial charge in [0, 0.05) is 0 Å². The zero-order valence-corrected chi connectivity index (χ0v) is 17.4. The first-order valence-electron chi connectivity index (χ1n) is 8.54. The highest BCUT2D eigenvalue weighted by Gasteiger charge is 2.47. The minimum absolute atomic E-state index is 0. The Balaban J connectivity index is 0.00000196. The topological polar surface area (TPSA) is 0 Å². The molecule has 0 spiro atoms. The molecule has 4 aromatic carbocycles. The summed E-state index contributed by atoms with van der Waals surface area (Å²) in [6, 6.07) is 43.8. The quantitative estimate of drug-likeness (QED) is 0.315. The molecule has 0 bridgehead atoms. The monoisotopic (exact) mass is 466 g/mol. The lowest BCUT2D eigenvalue weighted by Gasteiger charge is -2.27. The Labute approximate surface area is 173 Å². The molecule has 26 heavy (non-hydrogen) atoms. The molecule has 0 aliphatic carbocycles. The van der Waals surface area contributed by atoms with Crippen molar-refractivity contribution in [3.8, 4) is 0 Å². The molecule has 0 amide bonds. The summed E-state index contributed by atoms with van der Waals surface area (Å²) in [6.07, 6.45) is 0. The maximum atomic E-state index is 2.28. The SMILES string of the molecule is [I-].c1ccc([P+](c2ccccc2)(c2ccccc2)c2ccccc2)cc1. The molecule has 4 rings (SSSR count). The first-order chi connectivity index (χ1) is 12.4. The van der Waals surface area contributed by atoms with E-state index in [1.807, 2.05) is 0 Å². The molecule has 0 aliphatic rings. The van der Waals surface area contributed by atoms with Crippen molar-refractivity contribution < 1.29 is 24.0 Å². The number of hydrogen-bond acceptors (Lipinski definition) is 0. The summed E-state index contributed by atoms with van der Waals surface area (Å²) in [6.45, 7) is 0. The van der Waals surface area contributed by atoms with Gasteiger partial charge in [-0.05, 0) is 48.5 Å². The van der Waals surface area contributed by atoms with Crippen LogP contribution >= 0.6 is 7.26 Å². The lowest BCUT2D eigenvalue weighted by atomic mass is 10.3. The van der Waals surface area contributed by atoms with E-state index in [1.54, 1.807) is 0 Å². The highest BCUT2D eigenvalue weighted by molar-refractivity contribution is 8.01. The Morgan fingerprint density at radius 1 is 0.308 bits per heavy atom. The summed E-state index contributed by atoms with van der Waals surface area (Å²) in [7, 11) is -1.91. The molecule has 0 fully saturated rings. The predicted octanol–water partition coefficient (Wildman–Crippen LogP) is 1.31. The van der Waals surface area contributed by atoms with Gasteiger partial charge >= 0.3 is 0 Å². The van der Waals surface area contributed by atoms with E-state index in [0.717, 1.165) is 0 Å². The second-order valence-corrected chi connectivity index (χ2v) is 9.42. The molecule has 0 unspecified atom stereocenters. The minimum atomic E-state index is -1.91. The van der Waals surface area contributed by atoms with Crippen LogP contribution in [0.4, 0.5) is 0 Å². The molecule has 4 aromatic rings. The molecule has 128 valence electrons. The van der Waals surface area contributed by atoms with Crippen LogP contribution < -0.4 is 45.2 Å². The molecule has 0 saturated carbocycles. The van der Waals surface area contributed by atoms with E-state index in [0.29, 0.717) is 0 Å². The van der Waals surface area contributed by atoms with E-state index in [-0.39, 0.29) is 24.0 Å². The van der Waals surface area contributed by atoms with Crippen LogP contribution in [0.25, 0.3) is 0 Å². The Morgan fingerprint density at radius 3 is 0.692 bits per heavy atom. The molecule has 0 aromatic heterocycles. The van der Waals surface area contributed by atoms with Crippen molar-refractivity contribution in [2.45, 2.75) is 0 Å². The predicted molar refractivity (Wildman–Crippen MR) is 111 cm³/mol. The van der Waals surface area contributed by atoms with Crippen LogP contribution in [-0.4, -0.2) is 0 Å². The first kappa shape index (κ1) is 18.8. The fraction of sp³-hybridized carbons (Fsp3) is 0. The van der Waals surface area contributed by atoms with Crippen molar-refractivity contribution in [3.63, 3.8) is 0 Å². The second-order valence-electron chi connectivity index (χ2n) is 6.01. The van der Waals surface area contributed by atoms with E-state index in [1.165, 1.54) is 21.2 Å². The normalized spacial score (nSPS) is 10.8. The van der Waals surface area contributed by atoms with Gasteiger partial charge in [-0.1, -0.05) is 72.8 Å². The van der Waals surface area contributed by atoms with E-state index < -0.39 is 7.26 Å². The van der Waals surface area contributed by atoms with Crippen molar-refractivity contribution >= 4 is 28.5 Å². The highest BCUT2D eigenvalue weighted by atomic mass is 127. The van der Waals surface area contributed by atoms with Gasteiger partial charge in [0.1, 0.15) is 28.5 Å². The van der Waals surface area contributed by atoms with E-state index in [2.05, 4.69) is 121 Å². The third kappa shape index (κ3) is 3.34. The Kier molecular flexibility index (Phi) is 6.24. The van der Waals surface area contributed by atoms with Crippen LogP contribution in [0.2, 0.25) is 0 Å². The first-order valence-corrected chi connectivity index (χ1v) is 10.3. The highest BCUT2D eigenvalue weighted by Crippen LogP contribution is 2.53. The van der Waals surface area contributed by atoms with Gasteiger partial charge < -0.3 is 24.0 Å². The third-order valence-electron chi connectivity index (χ3n) is 4.57. The van der Waals surface area contributed by atoms with Crippen LogP contribution in [0.1, 0.15) is 0 Å². The molecular formula is C24H20IP. The number of hydrogen-bond donors (Lipinski definition) is 0. The lowest BCUT2D eigenvalue weighted by molar-refractivity contribution is -0.00000473. The molecule has 0 N–H and O–H groups in total. The van der Waals surface area contributed by atoms with Gasteiger partial charge in [0.2, 0.25) is 0 Å². The molecule has 0 nitrogen and oxygen atoms in total. The van der Waals surface area contributed by atoms with Gasteiger partial charge in [-0.25, -0.2) is 0 Å². The minimum Gasteiger partial charge on any atom is -1.00 e. The molecule has 0 radical (unpaired) electrons. The van der Waals surface area contributed by atoms with E-state index in [4.69, 9.17) is 0 Å². The summed E-state index contributed by atoms with van der Waals surface area (Å²) in [5.74, 6) is 0. The fourth-order valence-electron chi connectivity index (χ4n) is 3.50. The number of benzene rings is 4. The van der Waals surface area contributed by atoms with Gasteiger partial charge in [-0.3, -0.25) is 0 Å².